The molecule has 0 saturated carbocycles. The van der Waals surface area contributed by atoms with Crippen LogP contribution >= 0.6 is 19.4 Å². The Morgan fingerprint density at radius 3 is 2.43 bits per heavy atom. The van der Waals surface area contributed by atoms with E-state index in [1.54, 1.807) is 0 Å². The van der Waals surface area contributed by atoms with E-state index in [4.69, 9.17) is 26.5 Å². The van der Waals surface area contributed by atoms with Crippen LogP contribution in [0.25, 0.3) is 0 Å². The molecule has 0 rings (SSSR count). The van der Waals surface area contributed by atoms with E-state index >= 15 is 0 Å². The van der Waals surface area contributed by atoms with Gasteiger partial charge >= 0.3 is 7.82 Å². The first-order valence-corrected chi connectivity index (χ1v) is 5.84. The minimum atomic E-state index is -4.41. The van der Waals surface area contributed by atoms with Crippen LogP contribution in [0.15, 0.2) is 0 Å². The average molecular weight is 247 g/mol. The molecule has 0 aliphatic heterocycles. The van der Waals surface area contributed by atoms with Gasteiger partial charge in [-0.3, -0.25) is 9.32 Å². The molecule has 0 radical (unpaired) electrons. The number of carbonyl (C=O) groups excluding carboxylic acids is 1. The fourth-order valence-electron chi connectivity index (χ4n) is 0.704. The molecule has 0 aromatic carbocycles. The minimum absolute atomic E-state index is 0.0647. The Morgan fingerprint density at radius 1 is 1.43 bits per heavy atom. The van der Waals surface area contributed by atoms with Crippen LogP contribution in [0.1, 0.15) is 19.3 Å². The van der Waals surface area contributed by atoms with Crippen LogP contribution in [-0.4, -0.2) is 32.8 Å². The summed E-state index contributed by atoms with van der Waals surface area (Å²) < 4.78 is 14.3. The molecule has 0 fully saturated rings. The Hall–Kier alpha value is 0.0300. The molecule has 8 heteroatoms. The van der Waals surface area contributed by atoms with Gasteiger partial charge in [-0.05, 0) is 12.8 Å². The Morgan fingerprint density at radius 2 is 2.00 bits per heavy atom. The van der Waals surface area contributed by atoms with Crippen molar-refractivity contribution in [1.82, 2.24) is 0 Å². The largest absolute Gasteiger partial charge is 0.469 e. The van der Waals surface area contributed by atoms with E-state index < -0.39 is 19.2 Å². The second kappa shape index (κ2) is 6.50. The number of unbranched alkanes of at least 4 members (excludes halogenated alkanes) is 1. The average Bonchev–Trinajstić information content (AvgIpc) is 2.01. The summed E-state index contributed by atoms with van der Waals surface area (Å²) in [6.45, 7) is -0.129. The van der Waals surface area contributed by atoms with Crippen molar-refractivity contribution in [2.75, 3.05) is 6.61 Å². The lowest BCUT2D eigenvalue weighted by Crippen LogP contribution is -2.12. The molecule has 0 saturated heterocycles. The summed E-state index contributed by atoms with van der Waals surface area (Å²) in [6, 6.07) is 0. The van der Waals surface area contributed by atoms with Gasteiger partial charge in [0.15, 0.2) is 11.3 Å². The highest BCUT2D eigenvalue weighted by Gasteiger charge is 2.13. The third kappa shape index (κ3) is 8.62. The van der Waals surface area contributed by atoms with Crippen molar-refractivity contribution in [3.63, 3.8) is 0 Å². The van der Waals surface area contributed by atoms with Gasteiger partial charge in [-0.25, -0.2) is 4.57 Å². The van der Waals surface area contributed by atoms with Crippen molar-refractivity contribution in [3.05, 3.63) is 0 Å². The number of carbonyl (C=O) groups is 1. The highest BCUT2D eigenvalue weighted by Crippen LogP contribution is 2.35. The number of aliphatic hydroxyl groups is 1. The molecule has 1 unspecified atom stereocenters. The van der Waals surface area contributed by atoms with E-state index in [0.29, 0.717) is 12.8 Å². The van der Waals surface area contributed by atoms with E-state index in [9.17, 15) is 9.36 Å². The summed E-state index contributed by atoms with van der Waals surface area (Å²) in [5, 5.41) is 8.57. The van der Waals surface area contributed by atoms with Gasteiger partial charge in [0.2, 0.25) is 0 Å². The first-order chi connectivity index (χ1) is 6.33. The molecular formula is C6H12ClO6P. The van der Waals surface area contributed by atoms with Crippen LogP contribution in [0.4, 0.5) is 0 Å². The predicted molar refractivity (Wildman–Crippen MR) is 48.7 cm³/mol. The lowest BCUT2D eigenvalue weighted by molar-refractivity contribution is -0.123. The van der Waals surface area contributed by atoms with Crippen molar-refractivity contribution < 1.29 is 28.8 Å². The zero-order chi connectivity index (χ0) is 11.2. The van der Waals surface area contributed by atoms with Gasteiger partial charge in [-0.2, -0.15) is 0 Å². The maximum atomic E-state index is 10.7. The molecule has 0 amide bonds. The number of phosphoric ester groups is 1. The van der Waals surface area contributed by atoms with Crippen LogP contribution < -0.4 is 0 Å². The summed E-state index contributed by atoms with van der Waals surface area (Å²) in [5.74, 6) is -0.511. The molecule has 14 heavy (non-hydrogen) atoms. The van der Waals surface area contributed by atoms with Gasteiger partial charge in [0.1, 0.15) is 0 Å². The second-order valence-corrected chi connectivity index (χ2v) is 4.24. The van der Waals surface area contributed by atoms with E-state index in [1.165, 1.54) is 0 Å². The SMILES string of the molecule is O=C(CCCCOP(=O)(O)O)C(O)Cl. The van der Waals surface area contributed by atoms with Crippen LogP contribution in [0.5, 0.6) is 0 Å². The summed E-state index contributed by atoms with van der Waals surface area (Å²) in [4.78, 5) is 27.3. The van der Waals surface area contributed by atoms with Gasteiger partial charge in [-0.1, -0.05) is 11.6 Å². The Kier molecular flexibility index (Phi) is 6.52. The van der Waals surface area contributed by atoms with Crippen molar-refractivity contribution >= 4 is 25.2 Å². The molecule has 3 N–H and O–H groups in total. The van der Waals surface area contributed by atoms with Gasteiger partial charge in [0.25, 0.3) is 0 Å². The lowest BCUT2D eigenvalue weighted by Gasteiger charge is -2.04. The maximum Gasteiger partial charge on any atom is 0.469 e. The number of aliphatic hydroxyl groups excluding tert-OH is 1. The lowest BCUT2D eigenvalue weighted by atomic mass is 10.2. The third-order valence-electron chi connectivity index (χ3n) is 1.34. The zero-order valence-electron chi connectivity index (χ0n) is 7.30. The molecule has 0 heterocycles. The fraction of sp³-hybridized carbons (Fsp3) is 0.833. The molecular weight excluding hydrogens is 234 g/mol. The molecule has 0 aliphatic carbocycles. The Balaban J connectivity index is 3.40. The van der Waals surface area contributed by atoms with Crippen LogP contribution in [0.3, 0.4) is 0 Å². The molecule has 1 atom stereocenters. The third-order valence-corrected chi connectivity index (χ3v) is 2.10. The minimum Gasteiger partial charge on any atom is -0.371 e. The monoisotopic (exact) mass is 246 g/mol. The Bertz CT molecular complexity index is 224. The van der Waals surface area contributed by atoms with Gasteiger partial charge < -0.3 is 14.9 Å². The normalized spacial score (nSPS) is 14.0. The standard InChI is InChI=1S/C6H12ClO6P/c7-6(9)5(8)3-1-2-4-13-14(10,11)12/h6,9H,1-4H2,(H2,10,11,12). The summed E-state index contributed by atoms with van der Waals surface area (Å²) in [5.41, 5.74) is -1.50. The van der Waals surface area contributed by atoms with E-state index in [2.05, 4.69) is 4.52 Å². The molecule has 0 aromatic heterocycles. The molecule has 84 valence electrons. The highest BCUT2D eigenvalue weighted by atomic mass is 35.5. The van der Waals surface area contributed by atoms with E-state index in [1.807, 2.05) is 0 Å². The van der Waals surface area contributed by atoms with Gasteiger partial charge in [0.05, 0.1) is 6.61 Å². The quantitative estimate of drug-likeness (QED) is 0.341. The zero-order valence-corrected chi connectivity index (χ0v) is 8.95. The smallest absolute Gasteiger partial charge is 0.371 e. The second-order valence-electron chi connectivity index (χ2n) is 2.58. The van der Waals surface area contributed by atoms with Gasteiger partial charge in [0, 0.05) is 6.42 Å². The fourth-order valence-corrected chi connectivity index (χ4v) is 1.18. The number of hydrogen-bond donors (Lipinski definition) is 3. The van der Waals surface area contributed by atoms with Crippen LogP contribution in [-0.2, 0) is 13.9 Å². The summed E-state index contributed by atoms with van der Waals surface area (Å²) in [6.07, 6.45) is 0.748. The molecule has 0 aliphatic rings. The van der Waals surface area contributed by atoms with E-state index in [0.717, 1.165) is 0 Å². The number of hydrogen-bond acceptors (Lipinski definition) is 4. The Labute approximate surface area is 86.1 Å². The topological polar surface area (TPSA) is 104 Å². The molecule has 0 bridgehead atoms. The van der Waals surface area contributed by atoms with Crippen LogP contribution in [0, 0.1) is 0 Å². The first kappa shape index (κ1) is 14.0. The number of phosphoric acid groups is 1. The summed E-state index contributed by atoms with van der Waals surface area (Å²) in [7, 11) is -4.41. The van der Waals surface area contributed by atoms with Crippen molar-refractivity contribution in [2.24, 2.45) is 0 Å². The van der Waals surface area contributed by atoms with Gasteiger partial charge in [-0.15, -0.1) is 0 Å². The number of rotatable bonds is 7. The van der Waals surface area contributed by atoms with E-state index in [-0.39, 0.29) is 13.0 Å². The number of halogens is 1. The van der Waals surface area contributed by atoms with Crippen molar-refractivity contribution in [2.45, 2.75) is 24.8 Å². The molecule has 6 nitrogen and oxygen atoms in total. The molecule has 0 spiro atoms. The highest BCUT2D eigenvalue weighted by molar-refractivity contribution is 7.46. The number of ketones is 1. The summed E-state index contributed by atoms with van der Waals surface area (Å²) >= 11 is 5.06. The number of alkyl halides is 1. The van der Waals surface area contributed by atoms with Crippen molar-refractivity contribution in [3.8, 4) is 0 Å². The number of Topliss-reactive ketones (excluding diaryl/α,β-unsaturated/α-hetero) is 1. The van der Waals surface area contributed by atoms with Crippen LogP contribution in [0.2, 0.25) is 0 Å². The predicted octanol–water partition coefficient (Wildman–Crippen LogP) is 0.392. The van der Waals surface area contributed by atoms with Crippen molar-refractivity contribution in [1.29, 1.82) is 0 Å². The maximum absolute atomic E-state index is 10.7. The first-order valence-electron chi connectivity index (χ1n) is 3.88. The molecule has 0 aromatic rings.